The zero-order valence-corrected chi connectivity index (χ0v) is 16.7. The maximum atomic E-state index is 13.2. The molecule has 0 aliphatic rings. The fraction of sp³-hybridized carbons (Fsp3) is 0.143. The van der Waals surface area contributed by atoms with E-state index in [4.69, 9.17) is 17.3 Å². The summed E-state index contributed by atoms with van der Waals surface area (Å²) in [5.74, 6) is -0.440. The largest absolute Gasteiger partial charge is 0.350 e. The number of primary amides is 1. The van der Waals surface area contributed by atoms with Gasteiger partial charge in [0.2, 0.25) is 0 Å². The normalized spacial score (nSPS) is 10.6. The molecule has 3 aromatic rings. The first-order valence-corrected chi connectivity index (χ1v) is 9.30. The lowest BCUT2D eigenvalue weighted by Gasteiger charge is -2.26. The molecule has 0 spiro atoms. The molecule has 0 aliphatic carbocycles. The number of halogens is 1. The number of ketones is 1. The lowest BCUT2D eigenvalue weighted by molar-refractivity contribution is 0.100. The van der Waals surface area contributed by atoms with Crippen LogP contribution in [0.5, 0.6) is 0 Å². The summed E-state index contributed by atoms with van der Waals surface area (Å²) < 4.78 is 0.991. The summed E-state index contributed by atoms with van der Waals surface area (Å²) in [7, 11) is 0. The van der Waals surface area contributed by atoms with Gasteiger partial charge >= 0.3 is 6.03 Å². The van der Waals surface area contributed by atoms with Crippen molar-refractivity contribution in [1.82, 2.24) is 9.66 Å². The average Bonchev–Trinajstić information content (AvgIpc) is 2.69. The summed E-state index contributed by atoms with van der Waals surface area (Å²) >= 11 is 6.06. The molecule has 0 saturated carbocycles. The van der Waals surface area contributed by atoms with E-state index in [1.165, 1.54) is 13.0 Å². The molecule has 148 valence electrons. The highest BCUT2D eigenvalue weighted by molar-refractivity contribution is 6.30. The van der Waals surface area contributed by atoms with Crippen LogP contribution in [0.4, 0.5) is 10.5 Å². The van der Waals surface area contributed by atoms with Crippen LogP contribution in [0.15, 0.2) is 59.4 Å². The van der Waals surface area contributed by atoms with Gasteiger partial charge in [-0.1, -0.05) is 54.9 Å². The number of carbonyl (C=O) groups excluding carboxylic acids is 2. The van der Waals surface area contributed by atoms with Gasteiger partial charge in [-0.15, -0.1) is 0 Å². The molecule has 3 rings (SSSR count). The Labute approximate surface area is 172 Å². The van der Waals surface area contributed by atoms with E-state index in [-0.39, 0.29) is 17.1 Å². The number of carbonyl (C=O) groups is 2. The number of aromatic nitrogens is 2. The quantitative estimate of drug-likeness (QED) is 0.648. The monoisotopic (exact) mass is 410 g/mol. The third-order valence-corrected chi connectivity index (χ3v) is 4.53. The number of hydrogen-bond acceptors (Lipinski definition) is 4. The van der Waals surface area contributed by atoms with Crippen molar-refractivity contribution in [3.63, 3.8) is 0 Å². The van der Waals surface area contributed by atoms with Crippen LogP contribution in [0.1, 0.15) is 30.0 Å². The van der Waals surface area contributed by atoms with E-state index in [0.29, 0.717) is 22.7 Å². The summed E-state index contributed by atoms with van der Waals surface area (Å²) in [6.07, 6.45) is 0.305. The van der Waals surface area contributed by atoms with Gasteiger partial charge in [-0.3, -0.25) is 9.59 Å². The Morgan fingerprint density at radius 1 is 1.14 bits per heavy atom. The molecule has 2 aromatic carbocycles. The fourth-order valence-electron chi connectivity index (χ4n) is 3.04. The standard InChI is InChI=1S/C21H19ClN4O3/c1-3-17-20(28)26(25(21(23)29)16-11-7-10-15(22)12-16)19(13(2)27)18(24-17)14-8-5-4-6-9-14/h4-12H,3H2,1-2H3,(H2,23,29). The van der Waals surface area contributed by atoms with Crippen LogP contribution in [-0.2, 0) is 6.42 Å². The van der Waals surface area contributed by atoms with Gasteiger partial charge in [0.05, 0.1) is 5.69 Å². The molecule has 0 unspecified atom stereocenters. The number of urea groups is 1. The predicted octanol–water partition coefficient (Wildman–Crippen LogP) is 3.68. The van der Waals surface area contributed by atoms with Crippen LogP contribution in [0.25, 0.3) is 11.3 Å². The van der Waals surface area contributed by atoms with Gasteiger partial charge in [0.1, 0.15) is 17.1 Å². The van der Waals surface area contributed by atoms with Crippen LogP contribution in [0.3, 0.4) is 0 Å². The van der Waals surface area contributed by atoms with Crippen LogP contribution >= 0.6 is 11.6 Å². The van der Waals surface area contributed by atoms with E-state index in [1.807, 2.05) is 6.07 Å². The predicted molar refractivity (Wildman–Crippen MR) is 112 cm³/mol. The molecule has 1 aromatic heterocycles. The van der Waals surface area contributed by atoms with E-state index >= 15 is 0 Å². The van der Waals surface area contributed by atoms with Gasteiger partial charge < -0.3 is 5.73 Å². The molecule has 2 amide bonds. The van der Waals surface area contributed by atoms with Gasteiger partial charge in [0, 0.05) is 17.5 Å². The van der Waals surface area contributed by atoms with Crippen molar-refractivity contribution in [3.8, 4) is 11.3 Å². The second-order valence-corrected chi connectivity index (χ2v) is 6.71. The van der Waals surface area contributed by atoms with Crippen LogP contribution in [0.2, 0.25) is 5.02 Å². The molecule has 0 aliphatic heterocycles. The second-order valence-electron chi connectivity index (χ2n) is 6.28. The molecule has 7 nitrogen and oxygen atoms in total. The van der Waals surface area contributed by atoms with E-state index in [9.17, 15) is 14.4 Å². The molecular weight excluding hydrogens is 392 g/mol. The van der Waals surface area contributed by atoms with Crippen molar-refractivity contribution in [2.75, 3.05) is 5.01 Å². The van der Waals surface area contributed by atoms with Gasteiger partial charge in [-0.2, -0.15) is 5.01 Å². The van der Waals surface area contributed by atoms with Crippen molar-refractivity contribution in [2.24, 2.45) is 5.73 Å². The molecule has 0 atom stereocenters. The number of aryl methyl sites for hydroxylation is 1. The Hall–Kier alpha value is -3.45. The highest BCUT2D eigenvalue weighted by Gasteiger charge is 2.27. The van der Waals surface area contributed by atoms with Gasteiger partial charge in [0.15, 0.2) is 5.78 Å². The van der Waals surface area contributed by atoms with Crippen LogP contribution in [0, 0.1) is 0 Å². The minimum absolute atomic E-state index is 0.0443. The molecular formula is C21H19ClN4O3. The number of hydrogen-bond donors (Lipinski definition) is 1. The Morgan fingerprint density at radius 2 is 1.83 bits per heavy atom. The lowest BCUT2D eigenvalue weighted by Crippen LogP contribution is -2.49. The van der Waals surface area contributed by atoms with Crippen molar-refractivity contribution in [3.05, 3.63) is 81.4 Å². The van der Waals surface area contributed by atoms with E-state index in [1.54, 1.807) is 49.4 Å². The highest BCUT2D eigenvalue weighted by atomic mass is 35.5. The number of rotatable bonds is 5. The minimum Gasteiger partial charge on any atom is -0.350 e. The maximum absolute atomic E-state index is 13.2. The number of anilines is 1. The van der Waals surface area contributed by atoms with Gasteiger partial charge in [-0.05, 0) is 24.6 Å². The molecule has 8 heteroatoms. The molecule has 2 N–H and O–H groups in total. The van der Waals surface area contributed by atoms with Crippen LogP contribution < -0.4 is 16.3 Å². The van der Waals surface area contributed by atoms with Gasteiger partial charge in [0.25, 0.3) is 5.56 Å². The number of Topliss-reactive ketones (excluding diaryl/α,β-unsaturated/α-hetero) is 1. The van der Waals surface area contributed by atoms with E-state index < -0.39 is 17.4 Å². The Kier molecular flexibility index (Phi) is 5.79. The maximum Gasteiger partial charge on any atom is 0.338 e. The molecule has 0 fully saturated rings. The Balaban J connectivity index is 2.44. The zero-order valence-electron chi connectivity index (χ0n) is 15.9. The van der Waals surface area contributed by atoms with E-state index in [0.717, 1.165) is 9.69 Å². The average molecular weight is 411 g/mol. The third-order valence-electron chi connectivity index (χ3n) is 4.30. The first-order chi connectivity index (χ1) is 13.8. The summed E-state index contributed by atoms with van der Waals surface area (Å²) in [5.41, 5.74) is 6.35. The van der Waals surface area contributed by atoms with Gasteiger partial charge in [-0.25, -0.2) is 14.5 Å². The molecule has 29 heavy (non-hydrogen) atoms. The van der Waals surface area contributed by atoms with Crippen molar-refractivity contribution in [1.29, 1.82) is 0 Å². The second kappa shape index (κ2) is 8.28. The fourth-order valence-corrected chi connectivity index (χ4v) is 3.23. The van der Waals surface area contributed by atoms with E-state index in [2.05, 4.69) is 4.98 Å². The molecule has 1 heterocycles. The summed E-state index contributed by atoms with van der Waals surface area (Å²) in [4.78, 5) is 42.6. The zero-order chi connectivity index (χ0) is 21.1. The summed E-state index contributed by atoms with van der Waals surface area (Å²) in [5, 5.41) is 1.29. The minimum atomic E-state index is -0.941. The van der Waals surface area contributed by atoms with Crippen molar-refractivity contribution in [2.45, 2.75) is 20.3 Å². The smallest absolute Gasteiger partial charge is 0.338 e. The topological polar surface area (TPSA) is 98.3 Å². The van der Waals surface area contributed by atoms with Crippen molar-refractivity contribution < 1.29 is 9.59 Å². The SMILES string of the molecule is CCc1nc(-c2ccccc2)c(C(C)=O)n(N(C(N)=O)c2cccc(Cl)c2)c1=O. The number of nitrogens with zero attached hydrogens (tertiary/aromatic N) is 3. The molecule has 0 radical (unpaired) electrons. The highest BCUT2D eigenvalue weighted by Crippen LogP contribution is 2.25. The lowest BCUT2D eigenvalue weighted by atomic mass is 10.1. The molecule has 0 saturated heterocycles. The Morgan fingerprint density at radius 3 is 2.38 bits per heavy atom. The first-order valence-electron chi connectivity index (χ1n) is 8.92. The first kappa shape index (κ1) is 20.3. The summed E-state index contributed by atoms with van der Waals surface area (Å²) in [6, 6.07) is 14.3. The number of nitrogens with two attached hydrogens (primary N) is 1. The molecule has 0 bridgehead atoms. The van der Waals surface area contributed by atoms with Crippen LogP contribution in [-0.4, -0.2) is 21.5 Å². The number of amides is 2. The summed E-state index contributed by atoms with van der Waals surface area (Å²) in [6.45, 7) is 3.08. The van der Waals surface area contributed by atoms with Crippen molar-refractivity contribution >= 4 is 29.1 Å². The third kappa shape index (κ3) is 3.90. The Bertz CT molecular complexity index is 1140. The number of benzene rings is 2.